The van der Waals surface area contributed by atoms with Crippen molar-refractivity contribution >= 4 is 39.1 Å². The number of hydrogen-bond donors (Lipinski definition) is 1. The van der Waals surface area contributed by atoms with Crippen LogP contribution in [0, 0.1) is 0 Å². The lowest BCUT2D eigenvalue weighted by Crippen LogP contribution is -2.42. The molecule has 0 fully saturated rings. The van der Waals surface area contributed by atoms with Crippen LogP contribution in [0.5, 0.6) is 11.5 Å². The Morgan fingerprint density at radius 1 is 1.19 bits per heavy atom. The molecule has 3 heterocycles. The molecule has 0 unspecified atom stereocenters. The first-order chi connectivity index (χ1) is 15.6. The number of halogens is 1. The zero-order chi connectivity index (χ0) is 22.1. The minimum absolute atomic E-state index is 0.125. The molecular formula is C23H18ClN3O4S. The molecular weight excluding hydrogens is 450 g/mol. The number of aromatic nitrogens is 2. The van der Waals surface area contributed by atoms with Crippen molar-refractivity contribution in [3.8, 4) is 21.9 Å². The summed E-state index contributed by atoms with van der Waals surface area (Å²) in [4.78, 5) is 30.6. The first-order valence-electron chi connectivity index (χ1n) is 9.97. The number of ether oxygens (including phenoxy) is 2. The van der Waals surface area contributed by atoms with Crippen LogP contribution in [0.4, 0.5) is 0 Å². The molecule has 2 aromatic heterocycles. The average Bonchev–Trinajstić information content (AvgIpc) is 3.25. The number of thiophene rings is 1. The van der Waals surface area contributed by atoms with Crippen molar-refractivity contribution in [1.29, 1.82) is 0 Å². The van der Waals surface area contributed by atoms with Crippen molar-refractivity contribution in [2.24, 2.45) is 0 Å². The van der Waals surface area contributed by atoms with E-state index in [1.54, 1.807) is 12.1 Å². The van der Waals surface area contributed by atoms with Crippen molar-refractivity contribution < 1.29 is 14.3 Å². The van der Waals surface area contributed by atoms with Gasteiger partial charge in [0.25, 0.3) is 5.56 Å². The van der Waals surface area contributed by atoms with Gasteiger partial charge < -0.3 is 14.8 Å². The minimum atomic E-state index is -0.301. The third-order valence-electron chi connectivity index (χ3n) is 5.04. The molecule has 5 rings (SSSR count). The molecule has 0 saturated carbocycles. The molecule has 1 aliphatic heterocycles. The van der Waals surface area contributed by atoms with Crippen molar-refractivity contribution in [2.75, 3.05) is 13.2 Å². The molecule has 2 aromatic carbocycles. The molecule has 0 aliphatic carbocycles. The van der Waals surface area contributed by atoms with E-state index in [9.17, 15) is 9.59 Å². The van der Waals surface area contributed by atoms with E-state index in [-0.39, 0.29) is 30.7 Å². The highest BCUT2D eigenvalue weighted by Gasteiger charge is 2.21. The zero-order valence-corrected chi connectivity index (χ0v) is 18.4. The van der Waals surface area contributed by atoms with E-state index in [4.69, 9.17) is 21.1 Å². The number of rotatable bonds is 5. The molecule has 4 aromatic rings. The van der Waals surface area contributed by atoms with Gasteiger partial charge in [-0.25, -0.2) is 4.98 Å². The fourth-order valence-corrected chi connectivity index (χ4v) is 4.61. The third-order valence-corrected chi connectivity index (χ3v) is 6.45. The number of fused-ring (bicyclic) bond motifs is 2. The van der Waals surface area contributed by atoms with Crippen molar-refractivity contribution in [1.82, 2.24) is 14.9 Å². The summed E-state index contributed by atoms with van der Waals surface area (Å²) >= 11 is 7.30. The van der Waals surface area contributed by atoms with E-state index in [0.717, 1.165) is 10.4 Å². The monoisotopic (exact) mass is 467 g/mol. The van der Waals surface area contributed by atoms with Gasteiger partial charge in [0.15, 0.2) is 11.5 Å². The van der Waals surface area contributed by atoms with Gasteiger partial charge in [0.1, 0.15) is 24.0 Å². The maximum absolute atomic E-state index is 12.9. The lowest BCUT2D eigenvalue weighted by Gasteiger charge is -2.26. The number of nitrogens with one attached hydrogen (secondary N) is 1. The van der Waals surface area contributed by atoms with Crippen LogP contribution in [0.3, 0.4) is 0 Å². The fraction of sp³-hybridized carbons (Fsp3) is 0.174. The summed E-state index contributed by atoms with van der Waals surface area (Å²) in [6.45, 7) is 0.491. The predicted octanol–water partition coefficient (Wildman–Crippen LogP) is 3.73. The van der Waals surface area contributed by atoms with Crippen molar-refractivity contribution in [2.45, 2.75) is 12.6 Å². The van der Waals surface area contributed by atoms with Gasteiger partial charge in [0.2, 0.25) is 5.91 Å². The Morgan fingerprint density at radius 2 is 1.97 bits per heavy atom. The molecule has 162 valence electrons. The van der Waals surface area contributed by atoms with Gasteiger partial charge in [0, 0.05) is 9.90 Å². The highest BCUT2D eigenvalue weighted by molar-refractivity contribution is 7.22. The summed E-state index contributed by atoms with van der Waals surface area (Å²) in [5, 5.41) is 3.45. The van der Waals surface area contributed by atoms with Crippen LogP contribution < -0.4 is 20.3 Å². The van der Waals surface area contributed by atoms with Crippen molar-refractivity contribution in [3.05, 3.63) is 76.3 Å². The van der Waals surface area contributed by atoms with Gasteiger partial charge >= 0.3 is 0 Å². The van der Waals surface area contributed by atoms with Crippen LogP contribution in [0.1, 0.15) is 0 Å². The molecule has 9 heteroatoms. The molecule has 32 heavy (non-hydrogen) atoms. The molecule has 1 amide bonds. The second kappa shape index (κ2) is 8.64. The highest BCUT2D eigenvalue weighted by atomic mass is 35.5. The second-order valence-electron chi connectivity index (χ2n) is 7.31. The second-order valence-corrected chi connectivity index (χ2v) is 8.80. The Labute approximate surface area is 192 Å². The van der Waals surface area contributed by atoms with E-state index in [0.29, 0.717) is 33.3 Å². The van der Waals surface area contributed by atoms with E-state index in [1.807, 2.05) is 42.5 Å². The summed E-state index contributed by atoms with van der Waals surface area (Å²) in [6.07, 6.45) is 1.10. The molecule has 0 spiro atoms. The molecule has 0 bridgehead atoms. The number of hydrogen-bond acceptors (Lipinski definition) is 6. The Bertz CT molecular complexity index is 1350. The lowest BCUT2D eigenvalue weighted by atomic mass is 10.2. The van der Waals surface area contributed by atoms with Gasteiger partial charge in [-0.15, -0.1) is 11.3 Å². The summed E-state index contributed by atoms with van der Waals surface area (Å²) in [5.41, 5.74) is 1.31. The number of carbonyl (C=O) groups excluding carboxylic acids is 1. The predicted molar refractivity (Wildman–Crippen MR) is 124 cm³/mol. The number of amides is 1. The number of benzene rings is 2. The van der Waals surface area contributed by atoms with Crippen LogP contribution in [-0.4, -0.2) is 34.7 Å². The van der Waals surface area contributed by atoms with Crippen LogP contribution in [-0.2, 0) is 11.3 Å². The van der Waals surface area contributed by atoms with E-state index < -0.39 is 0 Å². The maximum Gasteiger partial charge on any atom is 0.271 e. The first kappa shape index (κ1) is 20.5. The van der Waals surface area contributed by atoms with Crippen LogP contribution in [0.15, 0.2) is 65.7 Å². The molecule has 0 saturated heterocycles. The number of carbonyl (C=O) groups is 1. The topological polar surface area (TPSA) is 82.5 Å². The smallest absolute Gasteiger partial charge is 0.271 e. The van der Waals surface area contributed by atoms with Crippen LogP contribution >= 0.6 is 22.9 Å². The van der Waals surface area contributed by atoms with Gasteiger partial charge in [-0.3, -0.25) is 14.2 Å². The van der Waals surface area contributed by atoms with Crippen LogP contribution in [0.2, 0.25) is 5.02 Å². The molecule has 1 N–H and O–H groups in total. The summed E-state index contributed by atoms with van der Waals surface area (Å²) < 4.78 is 13.3. The summed E-state index contributed by atoms with van der Waals surface area (Å²) in [6, 6.07) is 16.7. The molecule has 0 radical (unpaired) electrons. The number of nitrogens with zero attached hydrogens (tertiary/aromatic N) is 2. The van der Waals surface area contributed by atoms with E-state index in [2.05, 4.69) is 10.3 Å². The zero-order valence-electron chi connectivity index (χ0n) is 16.8. The SMILES string of the molecule is O=C(Cn1cnc2cc(-c3ccc(Cl)cc3)sc2c1=O)NC[C@@H]1COc2ccccc2O1. The third kappa shape index (κ3) is 4.19. The van der Waals surface area contributed by atoms with Gasteiger partial charge in [-0.2, -0.15) is 0 Å². The molecule has 7 nitrogen and oxygen atoms in total. The van der Waals surface area contributed by atoms with E-state index in [1.165, 1.54) is 22.2 Å². The Hall–Kier alpha value is -3.36. The van der Waals surface area contributed by atoms with Gasteiger partial charge in [-0.1, -0.05) is 35.9 Å². The van der Waals surface area contributed by atoms with E-state index >= 15 is 0 Å². The Kier molecular flexibility index (Phi) is 5.55. The average molecular weight is 468 g/mol. The quantitative estimate of drug-likeness (QED) is 0.483. The normalized spacial score (nSPS) is 15.0. The fourth-order valence-electron chi connectivity index (χ4n) is 3.42. The minimum Gasteiger partial charge on any atom is -0.486 e. The van der Waals surface area contributed by atoms with Crippen molar-refractivity contribution in [3.63, 3.8) is 0 Å². The van der Waals surface area contributed by atoms with Gasteiger partial charge in [-0.05, 0) is 35.9 Å². The Balaban J connectivity index is 1.26. The largest absolute Gasteiger partial charge is 0.486 e. The highest BCUT2D eigenvalue weighted by Crippen LogP contribution is 2.32. The standard InChI is InChI=1S/C23H18ClN3O4S/c24-15-7-5-14(6-8-15)20-9-17-22(32-20)23(29)27(13-26-17)11-21(28)25-10-16-12-30-18-3-1-2-4-19(18)31-16/h1-9,13,16H,10-12H2,(H,25,28)/t16-/m1/s1. The van der Waals surface area contributed by atoms with Gasteiger partial charge in [0.05, 0.1) is 18.4 Å². The summed E-state index contributed by atoms with van der Waals surface area (Å²) in [7, 11) is 0. The molecule has 1 aliphatic rings. The maximum atomic E-state index is 12.9. The molecule has 1 atom stereocenters. The Morgan fingerprint density at radius 3 is 2.78 bits per heavy atom. The lowest BCUT2D eigenvalue weighted by molar-refractivity contribution is -0.122. The summed E-state index contributed by atoms with van der Waals surface area (Å²) in [5.74, 6) is 1.04. The van der Waals surface area contributed by atoms with Crippen LogP contribution in [0.25, 0.3) is 20.7 Å². The first-order valence-corrected chi connectivity index (χ1v) is 11.2. The number of para-hydroxylation sites is 2.